The molecule has 2 aliphatic rings. The number of hydrogen-bond acceptors (Lipinski definition) is 11. The minimum atomic E-state index is -1.29. The van der Waals surface area contributed by atoms with E-state index in [2.05, 4.69) is 49.8 Å². The van der Waals surface area contributed by atoms with Gasteiger partial charge in [-0.3, -0.25) is 4.90 Å². The molecule has 0 saturated carbocycles. The molecule has 3 heterocycles. The first-order chi connectivity index (χ1) is 24.9. The van der Waals surface area contributed by atoms with Gasteiger partial charge >= 0.3 is 0 Å². The molecule has 11 nitrogen and oxygen atoms in total. The number of rotatable bonds is 9. The van der Waals surface area contributed by atoms with Crippen LogP contribution in [0.15, 0.2) is 70.8 Å². The molecule has 1 aliphatic heterocycles. The Morgan fingerprint density at radius 2 is 1.88 bits per heavy atom. The predicted molar refractivity (Wildman–Crippen MR) is 208 cm³/mol. The van der Waals surface area contributed by atoms with Crippen molar-refractivity contribution in [3.63, 3.8) is 0 Å². The number of aromatic nitrogens is 3. The van der Waals surface area contributed by atoms with E-state index in [0.717, 1.165) is 54.8 Å². The molecule has 1 saturated heterocycles. The van der Waals surface area contributed by atoms with Crippen molar-refractivity contribution in [3.8, 4) is 23.8 Å². The van der Waals surface area contributed by atoms with E-state index in [4.69, 9.17) is 32.8 Å². The van der Waals surface area contributed by atoms with E-state index in [1.165, 1.54) is 17.3 Å². The molecule has 0 amide bonds. The predicted octanol–water partition coefficient (Wildman–Crippen LogP) is 6.12. The largest absolute Gasteiger partial charge is 0.497 e. The average molecular weight is 756 g/mol. The van der Waals surface area contributed by atoms with Gasteiger partial charge in [-0.05, 0) is 92.5 Å². The summed E-state index contributed by atoms with van der Waals surface area (Å²) < 4.78 is 22.0. The monoisotopic (exact) mass is 755 g/mol. The van der Waals surface area contributed by atoms with Crippen LogP contribution in [0.2, 0.25) is 5.02 Å². The Labute approximate surface area is 317 Å². The number of nitrogens with two attached hydrogens (primary N) is 2. The van der Waals surface area contributed by atoms with E-state index in [-0.39, 0.29) is 17.3 Å². The lowest BCUT2D eigenvalue weighted by molar-refractivity contribution is 0.177. The first-order valence-electron chi connectivity index (χ1n) is 16.9. The van der Waals surface area contributed by atoms with Crippen LogP contribution in [0.4, 0.5) is 17.5 Å². The zero-order chi connectivity index (χ0) is 37.0. The van der Waals surface area contributed by atoms with Gasteiger partial charge < -0.3 is 21.1 Å². The number of halogens is 1. The fourth-order valence-corrected chi connectivity index (χ4v) is 8.54. The maximum absolute atomic E-state index is 13.6. The minimum Gasteiger partial charge on any atom is -0.497 e. The summed E-state index contributed by atoms with van der Waals surface area (Å²) in [7, 11) is 0.342. The van der Waals surface area contributed by atoms with E-state index >= 15 is 0 Å². The number of methoxy groups -OCH3 is 1. The highest BCUT2D eigenvalue weighted by molar-refractivity contribution is 7.99. The molecule has 0 unspecified atom stereocenters. The van der Waals surface area contributed by atoms with Crippen molar-refractivity contribution in [1.29, 1.82) is 5.26 Å². The molecule has 5 N–H and O–H groups in total. The molecule has 1 aliphatic carbocycles. The van der Waals surface area contributed by atoms with Gasteiger partial charge in [0.1, 0.15) is 22.4 Å². The smallest absolute Gasteiger partial charge is 0.180 e. The van der Waals surface area contributed by atoms with Crippen LogP contribution in [-0.4, -0.2) is 55.6 Å². The van der Waals surface area contributed by atoms with E-state index in [9.17, 15) is 9.47 Å². The number of anilines is 3. The van der Waals surface area contributed by atoms with Gasteiger partial charge in [0.05, 0.1) is 53.2 Å². The van der Waals surface area contributed by atoms with Crippen molar-refractivity contribution in [1.82, 2.24) is 24.6 Å². The highest BCUT2D eigenvalue weighted by Crippen LogP contribution is 2.53. The fourth-order valence-electron chi connectivity index (χ4n) is 6.59. The van der Waals surface area contributed by atoms with Crippen LogP contribution < -0.4 is 25.8 Å². The van der Waals surface area contributed by atoms with E-state index in [0.29, 0.717) is 39.7 Å². The summed E-state index contributed by atoms with van der Waals surface area (Å²) in [6, 6.07) is 15.6. The number of nitrogens with one attached hydrogen (secondary N) is 1. The number of piperidine rings is 1. The quantitative estimate of drug-likeness (QED) is 0.103. The van der Waals surface area contributed by atoms with Gasteiger partial charge in [0.15, 0.2) is 12.0 Å². The Morgan fingerprint density at radius 1 is 1.13 bits per heavy atom. The number of nitriles is 1. The SMILES string of the molecule is COc1ccc(CN(C#N)CC#Cc2ccc3c(c2)[C@@H](N[S@](=O)C(C)(C)C)C2(CCN(c4cnc(Sc5ccnc(N)c5Cl)c(N)n4)CC2)C3)cc1. The summed E-state index contributed by atoms with van der Waals surface area (Å²) in [5, 5.41) is 10.6. The summed E-state index contributed by atoms with van der Waals surface area (Å²) in [6.07, 6.45) is 8.17. The Morgan fingerprint density at radius 3 is 2.56 bits per heavy atom. The molecule has 6 rings (SSSR count). The molecule has 2 atom stereocenters. The number of nitrogen functional groups attached to an aromatic ring is 2. The average Bonchev–Trinajstić information content (AvgIpc) is 3.41. The zero-order valence-corrected chi connectivity index (χ0v) is 32.0. The number of pyridine rings is 1. The van der Waals surface area contributed by atoms with Crippen molar-refractivity contribution >= 4 is 51.8 Å². The molecule has 4 aromatic rings. The molecular weight excluding hydrogens is 714 g/mol. The van der Waals surface area contributed by atoms with E-state index in [1.54, 1.807) is 30.5 Å². The van der Waals surface area contributed by atoms with Gasteiger partial charge in [-0.1, -0.05) is 53.4 Å². The molecule has 0 bridgehead atoms. The topological polar surface area (TPSA) is 159 Å². The lowest BCUT2D eigenvalue weighted by Gasteiger charge is -2.44. The van der Waals surface area contributed by atoms with Crippen LogP contribution in [0.25, 0.3) is 0 Å². The van der Waals surface area contributed by atoms with Crippen molar-refractivity contribution < 1.29 is 8.95 Å². The molecule has 270 valence electrons. The van der Waals surface area contributed by atoms with Crippen LogP contribution in [0.3, 0.4) is 0 Å². The first-order valence-corrected chi connectivity index (χ1v) is 19.3. The second kappa shape index (κ2) is 15.6. The van der Waals surface area contributed by atoms with Gasteiger partial charge in [0.25, 0.3) is 0 Å². The second-order valence-corrected chi connectivity index (χ2v) is 17.4. The number of ether oxygens (including phenoxy) is 1. The van der Waals surface area contributed by atoms with Crippen LogP contribution >= 0.6 is 23.4 Å². The van der Waals surface area contributed by atoms with Gasteiger partial charge in [0.2, 0.25) is 0 Å². The Kier molecular flexibility index (Phi) is 11.2. The molecule has 0 radical (unpaired) electrons. The van der Waals surface area contributed by atoms with Crippen LogP contribution in [0, 0.1) is 28.7 Å². The molecule has 14 heteroatoms. The maximum atomic E-state index is 13.6. The summed E-state index contributed by atoms with van der Waals surface area (Å²) in [4.78, 5) is 17.9. The van der Waals surface area contributed by atoms with Crippen molar-refractivity contribution in [3.05, 3.63) is 88.2 Å². The third-order valence-corrected chi connectivity index (χ3v) is 12.6. The Bertz CT molecular complexity index is 2060. The van der Waals surface area contributed by atoms with Crippen molar-refractivity contribution in [2.75, 3.05) is 43.1 Å². The molecule has 2 aromatic heterocycles. The first kappa shape index (κ1) is 37.2. The summed E-state index contributed by atoms with van der Waals surface area (Å²) >= 11 is 7.64. The standard InChI is InChI=1S/C38H42ClN9O2S2/c1-37(2,3)52(49)46-33-29-20-25(6-5-17-47(24-40)23-26-8-11-28(50-4)12-9-26)7-10-27(29)21-38(33)14-18-48(19-15-38)31-22-44-36(35(42)45-31)51-30-13-16-43-34(41)32(30)39/h7-13,16,20,22,33,46H,14-15,17-19,21,23H2,1-4H3,(H2,41,43)(H2,42,45)/t33-,52-/m1/s1. The zero-order valence-electron chi connectivity index (χ0n) is 29.6. The van der Waals surface area contributed by atoms with Crippen LogP contribution in [-0.2, 0) is 24.0 Å². The lowest BCUT2D eigenvalue weighted by atomic mass is 9.73. The highest BCUT2D eigenvalue weighted by Gasteiger charge is 2.49. The molecular formula is C38H42ClN9O2S2. The van der Waals surface area contributed by atoms with Gasteiger partial charge in [-0.25, -0.2) is 23.9 Å². The summed E-state index contributed by atoms with van der Waals surface area (Å²) in [5.74, 6) is 8.52. The van der Waals surface area contributed by atoms with E-state index < -0.39 is 15.7 Å². The van der Waals surface area contributed by atoms with Crippen molar-refractivity contribution in [2.24, 2.45) is 5.41 Å². The molecule has 1 fully saturated rings. The number of benzene rings is 2. The van der Waals surface area contributed by atoms with Gasteiger partial charge in [0, 0.05) is 29.7 Å². The number of fused-ring (bicyclic) bond motifs is 1. The van der Waals surface area contributed by atoms with E-state index in [1.807, 2.05) is 51.1 Å². The van der Waals surface area contributed by atoms with Gasteiger partial charge in [-0.15, -0.1) is 0 Å². The molecule has 1 spiro atoms. The minimum absolute atomic E-state index is 0.121. The van der Waals surface area contributed by atoms with Crippen molar-refractivity contribution in [2.45, 2.75) is 67.3 Å². The Hall–Kier alpha value is -4.53. The highest BCUT2D eigenvalue weighted by atomic mass is 35.5. The van der Waals surface area contributed by atoms with Crippen LogP contribution in [0.1, 0.15) is 61.9 Å². The summed E-state index contributed by atoms with van der Waals surface area (Å²) in [6.45, 7) is 8.20. The normalized spacial score (nSPS) is 16.8. The third-order valence-electron chi connectivity index (χ3n) is 9.49. The Balaban J connectivity index is 1.17. The number of hydrogen-bond donors (Lipinski definition) is 3. The summed E-state index contributed by atoms with van der Waals surface area (Å²) in [5.41, 5.74) is 16.3. The van der Waals surface area contributed by atoms with Crippen LogP contribution in [0.5, 0.6) is 5.75 Å². The second-order valence-electron chi connectivity index (χ2n) is 14.0. The lowest BCUT2D eigenvalue weighted by Crippen LogP contribution is -2.48. The van der Waals surface area contributed by atoms with Gasteiger partial charge in [-0.2, -0.15) is 5.26 Å². The fraction of sp³-hybridized carbons (Fsp3) is 0.368. The number of nitrogens with zero attached hydrogens (tertiary/aromatic N) is 6. The third kappa shape index (κ3) is 8.24. The molecule has 2 aromatic carbocycles. The molecule has 52 heavy (non-hydrogen) atoms. The maximum Gasteiger partial charge on any atom is 0.180 e.